The van der Waals surface area contributed by atoms with E-state index in [-0.39, 0.29) is 11.4 Å². The van der Waals surface area contributed by atoms with Gasteiger partial charge >= 0.3 is 0 Å². The van der Waals surface area contributed by atoms with Crippen LogP contribution in [0.3, 0.4) is 0 Å². The minimum Gasteiger partial charge on any atom is -0.347 e. The van der Waals surface area contributed by atoms with E-state index >= 15 is 0 Å². The number of sulfone groups is 1. The molecule has 0 aliphatic carbocycles. The van der Waals surface area contributed by atoms with Crippen molar-refractivity contribution >= 4 is 33.3 Å². The van der Waals surface area contributed by atoms with E-state index in [0.717, 1.165) is 10.5 Å². The second-order valence-corrected chi connectivity index (χ2v) is 8.17. The number of alkyl halides is 1. The molecule has 0 bridgehead atoms. The molecule has 1 aromatic rings. The molecule has 8 heteroatoms. The molecule has 1 unspecified atom stereocenters. The van der Waals surface area contributed by atoms with Crippen molar-refractivity contribution in [2.24, 2.45) is 0 Å². The van der Waals surface area contributed by atoms with Crippen LogP contribution in [0.2, 0.25) is 0 Å². The lowest BCUT2D eigenvalue weighted by atomic mass is 10.1. The van der Waals surface area contributed by atoms with E-state index in [4.69, 9.17) is 11.6 Å². The second kappa shape index (κ2) is 5.65. The highest BCUT2D eigenvalue weighted by atomic mass is 35.5. The van der Waals surface area contributed by atoms with Crippen molar-refractivity contribution in [1.29, 1.82) is 0 Å². The van der Waals surface area contributed by atoms with Gasteiger partial charge in [-0.05, 0) is 18.1 Å². The third-order valence-corrected chi connectivity index (χ3v) is 6.55. The molecule has 23 heavy (non-hydrogen) atoms. The average Bonchev–Trinajstić information content (AvgIpc) is 2.51. The summed E-state index contributed by atoms with van der Waals surface area (Å²) < 4.78 is 24.2. The maximum absolute atomic E-state index is 12.4. The molecular weight excluding hydrogens is 340 g/mol. The fourth-order valence-corrected chi connectivity index (χ4v) is 5.45. The molecule has 122 valence electrons. The topological polar surface area (TPSA) is 83.6 Å². The van der Waals surface area contributed by atoms with Crippen molar-refractivity contribution in [3.8, 4) is 0 Å². The molecule has 2 aliphatic heterocycles. The van der Waals surface area contributed by atoms with E-state index in [0.29, 0.717) is 12.1 Å². The van der Waals surface area contributed by atoms with Gasteiger partial charge in [0.05, 0.1) is 5.75 Å². The summed E-state index contributed by atoms with van der Waals surface area (Å²) in [5, 5.41) is 0.457. The molecule has 1 saturated heterocycles. The number of carbonyl (C=O) groups excluding carboxylic acids is 2. The lowest BCUT2D eigenvalue weighted by Crippen LogP contribution is -2.68. The average molecular weight is 355 g/mol. The third-order valence-electron chi connectivity index (χ3n) is 3.92. The molecule has 1 N–H and O–H groups in total. The van der Waals surface area contributed by atoms with Gasteiger partial charge in [-0.1, -0.05) is 30.3 Å². The Bertz CT molecular complexity index is 804. The van der Waals surface area contributed by atoms with Crippen molar-refractivity contribution in [3.05, 3.63) is 47.2 Å². The van der Waals surface area contributed by atoms with Crippen molar-refractivity contribution in [3.63, 3.8) is 0 Å². The zero-order valence-electron chi connectivity index (χ0n) is 12.3. The normalized spacial score (nSPS) is 25.7. The standard InChI is InChI=1S/C15H15ClN2O4S/c1-9-8-23(21,22)15-11(16)14(20)18(15)12(9)13(19)17-7-10-5-3-2-4-6-10/h2-6,11,15H,7-8H2,1H3,(H,17,19)/t11-,15?/m0/s1. The largest absolute Gasteiger partial charge is 0.347 e. The van der Waals surface area contributed by atoms with E-state index < -0.39 is 32.4 Å². The Labute approximate surface area is 139 Å². The van der Waals surface area contributed by atoms with Crippen LogP contribution in [-0.4, -0.2) is 41.6 Å². The highest BCUT2D eigenvalue weighted by Gasteiger charge is 2.58. The van der Waals surface area contributed by atoms with E-state index in [2.05, 4.69) is 5.32 Å². The van der Waals surface area contributed by atoms with Gasteiger partial charge in [0.2, 0.25) is 5.91 Å². The van der Waals surface area contributed by atoms with E-state index in [1.165, 1.54) is 0 Å². The van der Waals surface area contributed by atoms with Crippen molar-refractivity contribution in [2.45, 2.75) is 24.2 Å². The lowest BCUT2D eigenvalue weighted by molar-refractivity contribution is -0.141. The summed E-state index contributed by atoms with van der Waals surface area (Å²) >= 11 is 5.82. The smallest absolute Gasteiger partial charge is 0.268 e. The SMILES string of the molecule is CC1=C(C(=O)NCc2ccccc2)N2C(=O)[C@H](Cl)C2S(=O)(=O)C1. The Hall–Kier alpha value is -1.86. The first-order chi connectivity index (χ1) is 10.8. The minimum absolute atomic E-state index is 0.0997. The molecule has 2 atom stereocenters. The summed E-state index contributed by atoms with van der Waals surface area (Å²) in [6.45, 7) is 1.83. The number of halogens is 1. The van der Waals surface area contributed by atoms with Gasteiger partial charge in [0, 0.05) is 6.54 Å². The maximum Gasteiger partial charge on any atom is 0.268 e. The van der Waals surface area contributed by atoms with E-state index in [9.17, 15) is 18.0 Å². The minimum atomic E-state index is -3.55. The summed E-state index contributed by atoms with van der Waals surface area (Å²) in [4.78, 5) is 25.4. The Kier molecular flexibility index (Phi) is 3.93. The molecule has 0 aromatic heterocycles. The first-order valence-electron chi connectivity index (χ1n) is 7.03. The molecule has 1 fully saturated rings. The number of β-lactam (4-membered cyclic amide) rings is 1. The number of fused-ring (bicyclic) bond motifs is 1. The highest BCUT2D eigenvalue weighted by Crippen LogP contribution is 2.38. The first-order valence-corrected chi connectivity index (χ1v) is 9.18. The van der Waals surface area contributed by atoms with Gasteiger partial charge < -0.3 is 5.32 Å². The Morgan fingerprint density at radius 1 is 1.35 bits per heavy atom. The summed E-state index contributed by atoms with van der Waals surface area (Å²) in [5.41, 5.74) is 1.36. The fraction of sp³-hybridized carbons (Fsp3) is 0.333. The molecule has 1 aromatic carbocycles. The van der Waals surface area contributed by atoms with Crippen LogP contribution in [0.5, 0.6) is 0 Å². The zero-order chi connectivity index (χ0) is 16.8. The number of carbonyl (C=O) groups is 2. The number of hydrogen-bond donors (Lipinski definition) is 1. The van der Waals surface area contributed by atoms with Crippen molar-refractivity contribution < 1.29 is 18.0 Å². The molecule has 0 saturated carbocycles. The summed E-state index contributed by atoms with van der Waals surface area (Å²) in [6.07, 6.45) is 0. The number of amides is 2. The Morgan fingerprint density at radius 2 is 2.00 bits per heavy atom. The van der Waals surface area contributed by atoms with Gasteiger partial charge in [-0.2, -0.15) is 0 Å². The van der Waals surface area contributed by atoms with Crippen molar-refractivity contribution in [1.82, 2.24) is 10.2 Å². The molecule has 6 nitrogen and oxygen atoms in total. The van der Waals surface area contributed by atoms with Crippen LogP contribution in [-0.2, 0) is 26.0 Å². The zero-order valence-corrected chi connectivity index (χ0v) is 13.9. The maximum atomic E-state index is 12.4. The summed E-state index contributed by atoms with van der Waals surface area (Å²) in [6, 6.07) is 9.30. The van der Waals surface area contributed by atoms with Crippen LogP contribution in [0.25, 0.3) is 0 Å². The van der Waals surface area contributed by atoms with Gasteiger partial charge in [-0.25, -0.2) is 8.42 Å². The van der Waals surface area contributed by atoms with Crippen LogP contribution in [0, 0.1) is 0 Å². The van der Waals surface area contributed by atoms with Crippen LogP contribution < -0.4 is 5.32 Å². The number of hydrogen-bond acceptors (Lipinski definition) is 4. The van der Waals surface area contributed by atoms with Crippen LogP contribution in [0.4, 0.5) is 0 Å². The molecular formula is C15H15ClN2O4S. The number of nitrogens with one attached hydrogen (secondary N) is 1. The second-order valence-electron chi connectivity index (χ2n) is 5.60. The molecule has 2 heterocycles. The quantitative estimate of drug-likeness (QED) is 0.642. The van der Waals surface area contributed by atoms with Gasteiger partial charge in [0.15, 0.2) is 15.2 Å². The van der Waals surface area contributed by atoms with Gasteiger partial charge in [0.25, 0.3) is 5.91 Å². The lowest BCUT2D eigenvalue weighted by Gasteiger charge is -2.47. The van der Waals surface area contributed by atoms with Crippen LogP contribution in [0.15, 0.2) is 41.6 Å². The number of nitrogens with zero attached hydrogens (tertiary/aromatic N) is 1. The van der Waals surface area contributed by atoms with Gasteiger partial charge in [0.1, 0.15) is 11.1 Å². The van der Waals surface area contributed by atoms with Crippen LogP contribution in [0.1, 0.15) is 12.5 Å². The Balaban J connectivity index is 1.83. The summed E-state index contributed by atoms with van der Waals surface area (Å²) in [7, 11) is -3.55. The van der Waals surface area contributed by atoms with Gasteiger partial charge in [-0.3, -0.25) is 14.5 Å². The van der Waals surface area contributed by atoms with E-state index in [1.54, 1.807) is 6.92 Å². The van der Waals surface area contributed by atoms with E-state index in [1.807, 2.05) is 30.3 Å². The molecule has 2 aliphatic rings. The highest BCUT2D eigenvalue weighted by molar-refractivity contribution is 7.92. The summed E-state index contributed by atoms with van der Waals surface area (Å²) in [5.74, 6) is -1.29. The fourth-order valence-electron chi connectivity index (χ4n) is 2.84. The predicted octanol–water partition coefficient (Wildman–Crippen LogP) is 0.781. The Morgan fingerprint density at radius 3 is 2.65 bits per heavy atom. The molecule has 2 amide bonds. The first kappa shape index (κ1) is 16.0. The predicted molar refractivity (Wildman–Crippen MR) is 85.1 cm³/mol. The number of benzene rings is 1. The monoisotopic (exact) mass is 354 g/mol. The number of rotatable bonds is 3. The molecule has 3 rings (SSSR count). The third kappa shape index (κ3) is 2.64. The molecule has 0 radical (unpaired) electrons. The van der Waals surface area contributed by atoms with Crippen molar-refractivity contribution in [2.75, 3.05) is 5.75 Å². The van der Waals surface area contributed by atoms with Gasteiger partial charge in [-0.15, -0.1) is 11.6 Å². The van der Waals surface area contributed by atoms with Crippen LogP contribution >= 0.6 is 11.6 Å². The molecule has 0 spiro atoms.